The highest BCUT2D eigenvalue weighted by molar-refractivity contribution is 7.90. The van der Waals surface area contributed by atoms with Gasteiger partial charge in [-0.05, 0) is 172 Å². The number of halogens is 7. The third-order valence-corrected chi connectivity index (χ3v) is 23.1. The zero-order chi connectivity index (χ0) is 68.1. The third-order valence-electron chi connectivity index (χ3n) is 14.5. The number of nitrogens with one attached hydrogen (secondary N) is 2. The van der Waals surface area contributed by atoms with Crippen LogP contribution in [0.3, 0.4) is 0 Å². The molecule has 94 heavy (non-hydrogen) atoms. The Kier molecular flexibility index (Phi) is 25.2. The lowest BCUT2D eigenvalue weighted by atomic mass is 9.93. The Morgan fingerprint density at radius 2 is 0.809 bits per heavy atom. The van der Waals surface area contributed by atoms with Crippen molar-refractivity contribution in [1.82, 2.24) is 22.9 Å². The lowest BCUT2D eigenvalue weighted by molar-refractivity contribution is 0.307. The summed E-state index contributed by atoms with van der Waals surface area (Å²) in [6, 6.07) is 36.0. The highest BCUT2D eigenvalue weighted by Gasteiger charge is 2.36. The van der Waals surface area contributed by atoms with Crippen LogP contribution >= 0.6 is 69.6 Å². The number of piperidine rings is 3. The van der Waals surface area contributed by atoms with E-state index in [0.29, 0.717) is 80.8 Å². The van der Waals surface area contributed by atoms with Crippen molar-refractivity contribution in [1.29, 1.82) is 15.8 Å². The van der Waals surface area contributed by atoms with Gasteiger partial charge in [0.05, 0.1) is 46.0 Å². The molecule has 10 rings (SSSR count). The van der Waals surface area contributed by atoms with E-state index >= 15 is 0 Å². The van der Waals surface area contributed by atoms with Gasteiger partial charge in [-0.1, -0.05) is 75.7 Å². The van der Waals surface area contributed by atoms with E-state index in [1.54, 1.807) is 6.07 Å². The van der Waals surface area contributed by atoms with Crippen LogP contribution in [0.15, 0.2) is 153 Å². The molecule has 0 bridgehead atoms. The summed E-state index contributed by atoms with van der Waals surface area (Å²) < 4.78 is 143. The molecule has 0 aliphatic carbocycles. The monoisotopic (exact) mass is 1470 g/mol. The van der Waals surface area contributed by atoms with Crippen LogP contribution in [0.4, 0.5) is 4.39 Å². The highest BCUT2D eigenvalue weighted by atomic mass is 35.5. The predicted molar refractivity (Wildman–Crippen MR) is 355 cm³/mol. The summed E-state index contributed by atoms with van der Waals surface area (Å²) in [6.45, 7) is 1.21. The van der Waals surface area contributed by atoms with Gasteiger partial charge in [0, 0.05) is 81.5 Å². The minimum Gasteiger partial charge on any atom is -0.456 e. The standard InChI is InChI=1S/C24H20Cl2FN3O5S2.C19H17BCl2N3O4S.C18H17Cl2N3O3S/c25-17-11-18(26)13-21(12-17)35-23-5-4-16(15-28)10-24(23)37(33,34)30-8-6-20(7-9-30)29-36(31,32)22-3-1-2-19(27)14-22;21-14-8-15(22)10-17(9-14)29-18-2-1-13(11-23)7-19(18)30(27,28)25-5-3-16(4-6-25)24-20-12-26;19-13-8-14(20)10-16(9-13)26-17-2-1-12(11-21)7-18(17)27(24,25)23-5-3-15(22)4-6-23/h1-5,10-14,20,29H,6-9H2;1-2,7-10,12,16,24H,3-6H2;1-2,7-10,15H,3-6,22H2. The van der Waals surface area contributed by atoms with Gasteiger partial charge < -0.3 is 30.0 Å². The maximum absolute atomic E-state index is 13.6. The summed E-state index contributed by atoms with van der Waals surface area (Å²) in [6.07, 6.45) is 3.28. The van der Waals surface area contributed by atoms with E-state index in [0.717, 1.165) is 12.1 Å². The van der Waals surface area contributed by atoms with E-state index in [9.17, 15) is 58.6 Å². The molecule has 3 heterocycles. The Balaban J connectivity index is 0.000000183. The van der Waals surface area contributed by atoms with Gasteiger partial charge >= 0.3 is 0 Å². The summed E-state index contributed by atoms with van der Waals surface area (Å²) in [5, 5.41) is 32.7. The number of hydrogen-bond donors (Lipinski definition) is 3. The topological polar surface area (TPSA) is 312 Å². The van der Waals surface area contributed by atoms with Gasteiger partial charge in [0.15, 0.2) is 0 Å². The van der Waals surface area contributed by atoms with Crippen LogP contribution in [0.2, 0.25) is 30.1 Å². The van der Waals surface area contributed by atoms with Crippen molar-refractivity contribution >= 4 is 123 Å². The minimum absolute atomic E-state index is 0.00813. The van der Waals surface area contributed by atoms with Crippen molar-refractivity contribution in [2.45, 2.75) is 76.2 Å². The van der Waals surface area contributed by atoms with Crippen LogP contribution in [-0.2, 0) is 44.9 Å². The first-order valence-corrected chi connectivity index (χ1v) is 36.3. The zero-order valence-corrected chi connectivity index (χ0v) is 56.8. The van der Waals surface area contributed by atoms with Gasteiger partial charge in [0.25, 0.3) is 7.41 Å². The van der Waals surface area contributed by atoms with E-state index in [1.807, 2.05) is 18.2 Å². The second-order valence-electron chi connectivity index (χ2n) is 21.1. The van der Waals surface area contributed by atoms with Gasteiger partial charge in [-0.3, -0.25) is 0 Å². The number of carbonyl (C=O) groups is 1. The average Bonchev–Trinajstić information content (AvgIpc) is 0.824. The largest absolute Gasteiger partial charge is 0.456 e. The number of benzene rings is 7. The Hall–Kier alpha value is -6.63. The van der Waals surface area contributed by atoms with Gasteiger partial charge in [-0.25, -0.2) is 42.8 Å². The first kappa shape index (κ1) is 73.2. The molecular weight excluding hydrogens is 1420 g/mol. The van der Waals surface area contributed by atoms with Gasteiger partial charge in [-0.2, -0.15) is 28.7 Å². The van der Waals surface area contributed by atoms with E-state index < -0.39 is 52.0 Å². The highest BCUT2D eigenvalue weighted by Crippen LogP contribution is 2.39. The molecule has 3 aliphatic rings. The quantitative estimate of drug-likeness (QED) is 0.0531. The van der Waals surface area contributed by atoms with Crippen molar-refractivity contribution in [3.8, 4) is 52.7 Å². The molecule has 7 aromatic carbocycles. The number of nitriles is 3. The van der Waals surface area contributed by atoms with Crippen molar-refractivity contribution < 1.29 is 57.1 Å². The molecule has 3 saturated heterocycles. The summed E-state index contributed by atoms with van der Waals surface area (Å²) in [5.41, 5.74) is 6.41. The fourth-order valence-electron chi connectivity index (χ4n) is 9.84. The number of nitrogens with two attached hydrogens (primary N) is 1. The van der Waals surface area contributed by atoms with Gasteiger partial charge in [0.2, 0.25) is 40.1 Å². The third kappa shape index (κ3) is 19.3. The fourth-order valence-corrected chi connectivity index (χ4v) is 17.5. The molecule has 7 aromatic rings. The Labute approximate surface area is 574 Å². The van der Waals surface area contributed by atoms with Crippen LogP contribution in [-0.4, -0.2) is 118 Å². The summed E-state index contributed by atoms with van der Waals surface area (Å²) in [4.78, 5) is 9.85. The number of rotatable bonds is 18. The van der Waals surface area contributed by atoms with Crippen LogP contribution in [0.5, 0.6) is 34.5 Å². The smallest absolute Gasteiger partial charge is 0.290 e. The van der Waals surface area contributed by atoms with Gasteiger partial charge in [0.1, 0.15) is 55.0 Å². The van der Waals surface area contributed by atoms with E-state index in [1.165, 1.54) is 136 Å². The maximum atomic E-state index is 13.6. The molecule has 1 radical (unpaired) electrons. The molecular formula is C61H54BCl6FN9O12S4. The normalized spacial score (nSPS) is 15.5. The van der Waals surface area contributed by atoms with E-state index in [4.69, 9.17) is 89.5 Å². The molecule has 0 spiro atoms. The fraction of sp³-hybridized carbons (Fsp3) is 0.246. The number of carbonyl (C=O) groups excluding carboxylic acids is 1. The molecule has 0 unspecified atom stereocenters. The molecule has 21 nitrogen and oxygen atoms in total. The lowest BCUT2D eigenvalue weighted by Gasteiger charge is -2.31. The number of sulfonamides is 4. The number of hydrogen-bond acceptors (Lipinski definition) is 17. The molecule has 3 aliphatic heterocycles. The van der Waals surface area contributed by atoms with Crippen molar-refractivity contribution in [2.24, 2.45) is 5.73 Å². The van der Waals surface area contributed by atoms with Crippen LogP contribution in [0, 0.1) is 39.8 Å². The van der Waals surface area contributed by atoms with Crippen LogP contribution in [0.1, 0.15) is 55.2 Å². The second-order valence-corrected chi connectivity index (χ2v) is 31.1. The Morgan fingerprint density at radius 3 is 1.13 bits per heavy atom. The lowest BCUT2D eigenvalue weighted by Crippen LogP contribution is -2.46. The van der Waals surface area contributed by atoms with Crippen LogP contribution < -0.4 is 29.9 Å². The van der Waals surface area contributed by atoms with Crippen molar-refractivity contribution in [3.05, 3.63) is 186 Å². The summed E-state index contributed by atoms with van der Waals surface area (Å²) >= 11 is 36.0. The molecule has 0 aromatic heterocycles. The SMILES string of the molecule is N#Cc1ccc(Oc2cc(Cl)cc(Cl)c2)c(S(=O)(=O)N2CCC(N)CC2)c1.N#Cc1ccc(Oc2cc(Cl)cc(Cl)c2)c(S(=O)(=O)N2CCC(NS(=O)(=O)c3cccc(F)c3)CC2)c1.N#Cc1ccc(Oc2cc(Cl)cc(Cl)c2)c(S(=O)(=O)N2CCC(N[B]C=O)CC2)c1. The molecule has 0 atom stereocenters. The first-order chi connectivity index (χ1) is 44.6. The molecule has 491 valence electrons. The molecule has 33 heteroatoms. The Bertz CT molecular complexity index is 4510. The summed E-state index contributed by atoms with van der Waals surface area (Å²) in [5.74, 6) is 0.260. The molecule has 0 saturated carbocycles. The zero-order valence-electron chi connectivity index (χ0n) is 49.0. The maximum Gasteiger partial charge on any atom is 0.290 e. The van der Waals surface area contributed by atoms with Crippen LogP contribution in [0.25, 0.3) is 0 Å². The Morgan fingerprint density at radius 1 is 0.479 bits per heavy atom. The van der Waals surface area contributed by atoms with E-state index in [2.05, 4.69) is 9.95 Å². The molecule has 3 fully saturated rings. The number of ether oxygens (including phenoxy) is 3. The second kappa shape index (κ2) is 32.4. The van der Waals surface area contributed by atoms with Crippen molar-refractivity contribution in [3.63, 3.8) is 0 Å². The number of nitrogens with zero attached hydrogens (tertiary/aromatic N) is 6. The molecule has 0 amide bonds. The minimum atomic E-state index is -4.13. The average molecular weight is 1480 g/mol. The van der Waals surface area contributed by atoms with E-state index in [-0.39, 0.29) is 116 Å². The van der Waals surface area contributed by atoms with Gasteiger partial charge in [-0.15, -0.1) is 0 Å². The first-order valence-electron chi connectivity index (χ1n) is 28.2. The van der Waals surface area contributed by atoms with Crippen molar-refractivity contribution in [2.75, 3.05) is 39.3 Å². The molecule has 4 N–H and O–H groups in total. The summed E-state index contributed by atoms with van der Waals surface area (Å²) in [7, 11) is -14.6. The predicted octanol–water partition coefficient (Wildman–Crippen LogP) is 11.9.